The van der Waals surface area contributed by atoms with Gasteiger partial charge in [-0.25, -0.2) is 9.78 Å². The Hall–Kier alpha value is -3.55. The number of carbonyl (C=O) groups is 1. The molecule has 0 spiro atoms. The molecule has 0 unspecified atom stereocenters. The number of carbonyl (C=O) groups excluding carboxylic acids is 1. The van der Waals surface area contributed by atoms with E-state index in [0.29, 0.717) is 28.8 Å². The fraction of sp³-hybridized carbons (Fsp3) is 0.158. The van der Waals surface area contributed by atoms with Gasteiger partial charge < -0.3 is 9.47 Å². The van der Waals surface area contributed by atoms with Crippen molar-refractivity contribution in [3.8, 4) is 11.5 Å². The van der Waals surface area contributed by atoms with E-state index in [1.807, 2.05) is 42.5 Å². The van der Waals surface area contributed by atoms with Gasteiger partial charge in [-0.3, -0.25) is 4.40 Å². The fourth-order valence-corrected chi connectivity index (χ4v) is 3.91. The molecule has 0 aliphatic carbocycles. The molecule has 0 N–H and O–H groups in total. The van der Waals surface area contributed by atoms with E-state index < -0.39 is 5.97 Å². The topological polar surface area (TPSA) is 102 Å². The van der Waals surface area contributed by atoms with Gasteiger partial charge in [0.05, 0.1) is 29.6 Å². The highest BCUT2D eigenvalue weighted by Gasteiger charge is 2.18. The molecule has 0 radical (unpaired) electrons. The Bertz CT molecular complexity index is 1220. The number of imidazole rings is 1. The van der Waals surface area contributed by atoms with Crippen LogP contribution in [0.5, 0.6) is 11.5 Å². The van der Waals surface area contributed by atoms with Crippen molar-refractivity contribution in [1.82, 2.24) is 9.38 Å². The van der Waals surface area contributed by atoms with Crippen LogP contribution < -0.4 is 4.74 Å². The summed E-state index contributed by atoms with van der Waals surface area (Å²) in [6.45, 7) is 2.29. The van der Waals surface area contributed by atoms with Gasteiger partial charge in [-0.15, -0.1) is 0 Å². The number of fused-ring (bicyclic) bond motifs is 3. The molecule has 0 aliphatic heterocycles. The fourth-order valence-electron chi connectivity index (χ4n) is 2.88. The van der Waals surface area contributed by atoms with E-state index in [4.69, 9.17) is 15.0 Å². The SMILES string of the molecule is CCOC(=O)c1cnc2sc3cc(Oc4ccccc4CN=[N+]=[N-])ccc3n12. The second-order valence-corrected chi connectivity index (χ2v) is 6.82. The van der Waals surface area contributed by atoms with Crippen LogP contribution in [-0.2, 0) is 11.3 Å². The minimum absolute atomic E-state index is 0.213. The number of thiazole rings is 1. The normalized spacial score (nSPS) is 10.8. The average Bonchev–Trinajstić information content (AvgIpc) is 3.26. The molecule has 8 nitrogen and oxygen atoms in total. The van der Waals surface area contributed by atoms with Crippen molar-refractivity contribution in [2.75, 3.05) is 6.61 Å². The van der Waals surface area contributed by atoms with Crippen LogP contribution in [0.3, 0.4) is 0 Å². The van der Waals surface area contributed by atoms with Crippen molar-refractivity contribution >= 4 is 32.5 Å². The zero-order valence-corrected chi connectivity index (χ0v) is 15.7. The van der Waals surface area contributed by atoms with Crippen LogP contribution >= 0.6 is 11.3 Å². The number of benzene rings is 2. The van der Waals surface area contributed by atoms with Gasteiger partial charge in [0.1, 0.15) is 11.5 Å². The van der Waals surface area contributed by atoms with Crippen molar-refractivity contribution in [3.63, 3.8) is 0 Å². The molecule has 2 aromatic heterocycles. The summed E-state index contributed by atoms with van der Waals surface area (Å²) in [5.74, 6) is 0.868. The number of nitrogens with zero attached hydrogens (tertiary/aromatic N) is 5. The van der Waals surface area contributed by atoms with Crippen LogP contribution in [0.4, 0.5) is 0 Å². The van der Waals surface area contributed by atoms with Crippen LogP contribution in [0.1, 0.15) is 23.0 Å². The van der Waals surface area contributed by atoms with Crippen molar-refractivity contribution in [2.24, 2.45) is 5.11 Å². The molecule has 9 heteroatoms. The molecule has 4 aromatic rings. The predicted molar refractivity (Wildman–Crippen MR) is 106 cm³/mol. The van der Waals surface area contributed by atoms with Crippen molar-refractivity contribution in [2.45, 2.75) is 13.5 Å². The highest BCUT2D eigenvalue weighted by molar-refractivity contribution is 7.23. The first-order chi connectivity index (χ1) is 13.7. The second kappa shape index (κ2) is 7.59. The maximum absolute atomic E-state index is 12.2. The molecule has 140 valence electrons. The predicted octanol–water partition coefficient (Wildman–Crippen LogP) is 5.33. The van der Waals surface area contributed by atoms with Gasteiger partial charge >= 0.3 is 5.97 Å². The van der Waals surface area contributed by atoms with Crippen LogP contribution in [0.15, 0.2) is 53.8 Å². The van der Waals surface area contributed by atoms with E-state index >= 15 is 0 Å². The quantitative estimate of drug-likeness (QED) is 0.191. The molecule has 0 saturated carbocycles. The van der Waals surface area contributed by atoms with Gasteiger partial charge in [0, 0.05) is 16.5 Å². The Morgan fingerprint density at radius 2 is 2.18 bits per heavy atom. The summed E-state index contributed by atoms with van der Waals surface area (Å²) in [6.07, 6.45) is 1.53. The van der Waals surface area contributed by atoms with Gasteiger partial charge in [0.2, 0.25) is 0 Å². The molecule has 2 aromatic carbocycles. The van der Waals surface area contributed by atoms with E-state index in [0.717, 1.165) is 15.8 Å². The number of aromatic nitrogens is 2. The summed E-state index contributed by atoms with van der Waals surface area (Å²) in [4.78, 5) is 20.0. The summed E-state index contributed by atoms with van der Waals surface area (Å²) >= 11 is 1.46. The second-order valence-electron chi connectivity index (χ2n) is 5.81. The lowest BCUT2D eigenvalue weighted by molar-refractivity contribution is 0.0519. The molecular formula is C19H15N5O3S. The first-order valence-corrected chi connectivity index (χ1v) is 9.36. The minimum Gasteiger partial charge on any atom is -0.461 e. The van der Waals surface area contributed by atoms with Gasteiger partial charge in [-0.2, -0.15) is 0 Å². The smallest absolute Gasteiger partial charge is 0.357 e. The lowest BCUT2D eigenvalue weighted by Gasteiger charge is -2.09. The average molecular weight is 393 g/mol. The molecule has 0 amide bonds. The van der Waals surface area contributed by atoms with E-state index in [1.54, 1.807) is 11.3 Å². The molecule has 0 aliphatic rings. The Balaban J connectivity index is 1.71. The van der Waals surface area contributed by atoms with E-state index in [1.165, 1.54) is 17.5 Å². The molecule has 0 atom stereocenters. The van der Waals surface area contributed by atoms with Crippen LogP contribution in [-0.4, -0.2) is 22.0 Å². The van der Waals surface area contributed by atoms with Crippen molar-refractivity contribution < 1.29 is 14.3 Å². The van der Waals surface area contributed by atoms with Crippen LogP contribution in [0.2, 0.25) is 0 Å². The highest BCUT2D eigenvalue weighted by Crippen LogP contribution is 2.33. The molecule has 4 rings (SSSR count). The number of ether oxygens (including phenoxy) is 2. The standard InChI is InChI=1S/C19H15N5O3S/c1-2-26-18(25)15-11-21-19-24(15)14-8-7-13(9-17(14)28-19)27-16-6-4-3-5-12(16)10-22-23-20/h3-9,11H,2,10H2,1H3. The lowest BCUT2D eigenvalue weighted by atomic mass is 10.2. The number of rotatable bonds is 6. The first kappa shape index (κ1) is 17.8. The zero-order chi connectivity index (χ0) is 19.5. The van der Waals surface area contributed by atoms with Gasteiger partial charge in [-0.1, -0.05) is 34.7 Å². The molecular weight excluding hydrogens is 378 g/mol. The largest absolute Gasteiger partial charge is 0.461 e. The number of hydrogen-bond donors (Lipinski definition) is 0. The molecule has 2 heterocycles. The molecule has 0 saturated heterocycles. The molecule has 28 heavy (non-hydrogen) atoms. The highest BCUT2D eigenvalue weighted by atomic mass is 32.1. The van der Waals surface area contributed by atoms with Gasteiger partial charge in [-0.05, 0) is 30.7 Å². The summed E-state index contributed by atoms with van der Waals surface area (Å²) in [6, 6.07) is 13.0. The number of para-hydroxylation sites is 1. The number of azide groups is 1. The Kier molecular flexibility index (Phi) is 4.84. The third-order valence-electron chi connectivity index (χ3n) is 4.09. The van der Waals surface area contributed by atoms with Crippen molar-refractivity contribution in [3.05, 3.63) is 70.4 Å². The summed E-state index contributed by atoms with van der Waals surface area (Å²) in [7, 11) is 0. The maximum atomic E-state index is 12.2. The summed E-state index contributed by atoms with van der Waals surface area (Å²) < 4.78 is 13.8. The van der Waals surface area contributed by atoms with Crippen molar-refractivity contribution in [1.29, 1.82) is 0 Å². The number of esters is 1. The van der Waals surface area contributed by atoms with Gasteiger partial charge in [0.15, 0.2) is 10.7 Å². The third-order valence-corrected chi connectivity index (χ3v) is 5.11. The third kappa shape index (κ3) is 3.24. The Morgan fingerprint density at radius 3 is 3.00 bits per heavy atom. The van der Waals surface area contributed by atoms with Crippen LogP contribution in [0, 0.1) is 0 Å². The van der Waals surface area contributed by atoms with E-state index in [-0.39, 0.29) is 6.54 Å². The molecule has 0 fully saturated rings. The van der Waals surface area contributed by atoms with E-state index in [2.05, 4.69) is 15.0 Å². The summed E-state index contributed by atoms with van der Waals surface area (Å²) in [5.41, 5.74) is 10.6. The monoisotopic (exact) mass is 393 g/mol. The Labute approximate surface area is 163 Å². The number of hydrogen-bond acceptors (Lipinski definition) is 6. The van der Waals surface area contributed by atoms with Gasteiger partial charge in [0.25, 0.3) is 0 Å². The molecule has 0 bridgehead atoms. The maximum Gasteiger partial charge on any atom is 0.357 e. The lowest BCUT2D eigenvalue weighted by Crippen LogP contribution is -2.07. The minimum atomic E-state index is -0.401. The zero-order valence-electron chi connectivity index (χ0n) is 14.9. The van der Waals surface area contributed by atoms with Crippen LogP contribution in [0.25, 0.3) is 25.6 Å². The first-order valence-electron chi connectivity index (χ1n) is 8.55. The van der Waals surface area contributed by atoms with E-state index in [9.17, 15) is 4.79 Å². The Morgan fingerprint density at radius 1 is 1.32 bits per heavy atom. The summed E-state index contributed by atoms with van der Waals surface area (Å²) in [5, 5.41) is 3.60.